The normalized spacial score (nSPS) is 30.9. The Kier molecular flexibility index (Phi) is 3.41. The minimum Gasteiger partial charge on any atom is -0.0622 e. The third kappa shape index (κ3) is 2.67. The monoisotopic (exact) mass is 348 g/mol. The van der Waals surface area contributed by atoms with Crippen molar-refractivity contribution < 1.29 is 0 Å². The van der Waals surface area contributed by atoms with Gasteiger partial charge in [-0.1, -0.05) is 96.6 Å². The maximum Gasteiger partial charge on any atom is 0.00975 e. The van der Waals surface area contributed by atoms with Crippen LogP contribution in [-0.2, 0) is 0 Å². The highest BCUT2D eigenvalue weighted by atomic mass is 14.6. The van der Waals surface area contributed by atoms with E-state index in [1.165, 1.54) is 29.5 Å². The zero-order chi connectivity index (χ0) is 17.8. The van der Waals surface area contributed by atoms with Gasteiger partial charge in [0.15, 0.2) is 0 Å². The zero-order valence-electron chi connectivity index (χ0n) is 15.5. The van der Waals surface area contributed by atoms with Crippen LogP contribution in [0.15, 0.2) is 96.6 Å². The van der Waals surface area contributed by atoms with E-state index < -0.39 is 0 Å². The van der Waals surface area contributed by atoms with Crippen molar-refractivity contribution in [3.05, 3.63) is 113 Å². The maximum atomic E-state index is 2.32. The van der Waals surface area contributed by atoms with Gasteiger partial charge < -0.3 is 0 Å². The molecule has 3 aromatic carbocycles. The summed E-state index contributed by atoms with van der Waals surface area (Å²) in [7, 11) is 0. The molecule has 2 fully saturated rings. The topological polar surface area (TPSA) is 0 Å². The average Bonchev–Trinajstić information content (AvgIpc) is 3.62. The fourth-order valence-corrected chi connectivity index (χ4v) is 5.37. The molecule has 0 bridgehead atoms. The molecule has 0 spiro atoms. The van der Waals surface area contributed by atoms with E-state index >= 15 is 0 Å². The van der Waals surface area contributed by atoms with Crippen molar-refractivity contribution in [2.75, 3.05) is 0 Å². The molecule has 0 heteroatoms. The summed E-state index contributed by atoms with van der Waals surface area (Å²) in [5.41, 5.74) is 8.01. The van der Waals surface area contributed by atoms with Crippen molar-refractivity contribution >= 4 is 5.57 Å². The first-order valence-corrected chi connectivity index (χ1v) is 10.3. The van der Waals surface area contributed by atoms with E-state index in [-0.39, 0.29) is 0 Å². The Labute approximate surface area is 161 Å². The van der Waals surface area contributed by atoms with Crippen molar-refractivity contribution in [2.45, 2.75) is 24.7 Å². The number of allylic oxidation sites excluding steroid dienone is 2. The third-order valence-corrected chi connectivity index (χ3v) is 6.87. The number of hydrogen-bond donors (Lipinski definition) is 0. The van der Waals surface area contributed by atoms with Gasteiger partial charge in [-0.15, -0.1) is 0 Å². The third-order valence-electron chi connectivity index (χ3n) is 6.87. The predicted octanol–water partition coefficient (Wildman–Crippen LogP) is 6.68. The Morgan fingerprint density at radius 2 is 1.07 bits per heavy atom. The maximum absolute atomic E-state index is 2.32. The van der Waals surface area contributed by atoms with Crippen molar-refractivity contribution in [1.29, 1.82) is 0 Å². The highest BCUT2D eigenvalue weighted by Crippen LogP contribution is 2.71. The molecule has 0 amide bonds. The van der Waals surface area contributed by atoms with E-state index in [4.69, 9.17) is 0 Å². The van der Waals surface area contributed by atoms with E-state index in [0.29, 0.717) is 0 Å². The number of benzene rings is 3. The molecule has 0 radical (unpaired) electrons. The molecule has 0 nitrogen and oxygen atoms in total. The Balaban J connectivity index is 1.28. The molecule has 2 saturated carbocycles. The molecule has 132 valence electrons. The first-order valence-electron chi connectivity index (χ1n) is 10.3. The summed E-state index contributed by atoms with van der Waals surface area (Å²) in [6.45, 7) is 0. The van der Waals surface area contributed by atoms with Crippen molar-refractivity contribution in [1.82, 2.24) is 0 Å². The van der Waals surface area contributed by atoms with Crippen LogP contribution in [0.3, 0.4) is 0 Å². The summed E-state index contributed by atoms with van der Waals surface area (Å²) in [6, 6.07) is 33.4. The van der Waals surface area contributed by atoms with Crippen LogP contribution in [0.25, 0.3) is 5.57 Å². The highest BCUT2D eigenvalue weighted by molar-refractivity contribution is 5.88. The quantitative estimate of drug-likeness (QED) is 0.482. The van der Waals surface area contributed by atoms with E-state index in [0.717, 1.165) is 29.6 Å². The Hall–Kier alpha value is -2.60. The molecule has 0 unspecified atom stereocenters. The van der Waals surface area contributed by atoms with Gasteiger partial charge in [0.05, 0.1) is 0 Å². The Morgan fingerprint density at radius 1 is 0.519 bits per heavy atom. The Bertz CT molecular complexity index is 984. The first-order chi connectivity index (χ1) is 13.4. The lowest BCUT2D eigenvalue weighted by atomic mass is 10.0. The van der Waals surface area contributed by atoms with Crippen LogP contribution >= 0.6 is 0 Å². The largest absolute Gasteiger partial charge is 0.0622 e. The van der Waals surface area contributed by atoms with Gasteiger partial charge in [-0.25, -0.2) is 0 Å². The lowest BCUT2D eigenvalue weighted by molar-refractivity contribution is 0.698. The molecule has 0 aliphatic heterocycles. The molecule has 0 N–H and O–H groups in total. The molecule has 5 atom stereocenters. The van der Waals surface area contributed by atoms with Crippen LogP contribution in [0, 0.1) is 17.8 Å². The second-order valence-corrected chi connectivity index (χ2v) is 8.49. The molecular formula is C27H24. The molecule has 6 rings (SSSR count). The fourth-order valence-electron chi connectivity index (χ4n) is 5.37. The average molecular weight is 348 g/mol. The minimum atomic E-state index is 0.733. The summed E-state index contributed by atoms with van der Waals surface area (Å²) < 4.78 is 0. The first kappa shape index (κ1) is 15.5. The molecule has 0 heterocycles. The van der Waals surface area contributed by atoms with Gasteiger partial charge in [-0.05, 0) is 58.8 Å². The van der Waals surface area contributed by atoms with Gasteiger partial charge in [-0.3, -0.25) is 0 Å². The highest BCUT2D eigenvalue weighted by Gasteiger charge is 2.59. The fraction of sp³-hybridized carbons (Fsp3) is 0.259. The van der Waals surface area contributed by atoms with Crippen LogP contribution in [0.1, 0.15) is 41.4 Å². The molecular weight excluding hydrogens is 324 g/mol. The zero-order valence-corrected chi connectivity index (χ0v) is 15.5. The van der Waals surface area contributed by atoms with E-state index in [2.05, 4.69) is 91.0 Å². The van der Waals surface area contributed by atoms with Crippen molar-refractivity contribution in [3.8, 4) is 0 Å². The summed E-state index contributed by atoms with van der Waals surface area (Å²) in [4.78, 5) is 0. The molecule has 27 heavy (non-hydrogen) atoms. The Morgan fingerprint density at radius 3 is 1.70 bits per heavy atom. The molecule has 3 aliphatic rings. The number of rotatable bonds is 5. The van der Waals surface area contributed by atoms with Crippen LogP contribution in [-0.4, -0.2) is 0 Å². The second-order valence-electron chi connectivity index (χ2n) is 8.49. The summed E-state index contributed by atoms with van der Waals surface area (Å²) in [5, 5.41) is 0. The van der Waals surface area contributed by atoms with Gasteiger partial charge in [0.2, 0.25) is 0 Å². The minimum absolute atomic E-state index is 0.733. The summed E-state index contributed by atoms with van der Waals surface area (Å²) in [6.07, 6.45) is 2.70. The van der Waals surface area contributed by atoms with Gasteiger partial charge in [0.25, 0.3) is 0 Å². The summed E-state index contributed by atoms with van der Waals surface area (Å²) in [5.74, 6) is 3.86. The van der Waals surface area contributed by atoms with Gasteiger partial charge in [0.1, 0.15) is 0 Å². The van der Waals surface area contributed by atoms with Crippen LogP contribution < -0.4 is 0 Å². The van der Waals surface area contributed by atoms with Crippen LogP contribution in [0.2, 0.25) is 0 Å². The molecule has 0 saturated heterocycles. The second kappa shape index (κ2) is 5.96. The van der Waals surface area contributed by atoms with E-state index in [9.17, 15) is 0 Å². The smallest absolute Gasteiger partial charge is 0.00975 e. The standard InChI is InChI=1S/C27H24/c1-4-10-18(11-5-1)21-16-23(21)26-25(20-14-8-3-9-15-20)27(26)24-17-22(24)19-12-6-2-7-13-19/h1-15,21-24,26H,16-17H2/t21-,22-,23+,24+,26-/m0/s1. The SMILES string of the molecule is c1ccc(C2=C([C@@H]3C[C@H]3c3ccccc3)[C@H]2[C@@H]2C[C@H]2c2ccccc2)cc1. The van der Waals surface area contributed by atoms with Crippen molar-refractivity contribution in [3.63, 3.8) is 0 Å². The molecule has 3 aromatic rings. The summed E-state index contributed by atoms with van der Waals surface area (Å²) >= 11 is 0. The van der Waals surface area contributed by atoms with Gasteiger partial charge in [0, 0.05) is 5.92 Å². The van der Waals surface area contributed by atoms with Crippen LogP contribution in [0.5, 0.6) is 0 Å². The molecule has 3 aliphatic carbocycles. The lowest BCUT2D eigenvalue weighted by Crippen LogP contribution is -1.93. The van der Waals surface area contributed by atoms with E-state index in [1.807, 2.05) is 0 Å². The van der Waals surface area contributed by atoms with Gasteiger partial charge in [-0.2, -0.15) is 0 Å². The van der Waals surface area contributed by atoms with Crippen molar-refractivity contribution in [2.24, 2.45) is 17.8 Å². The predicted molar refractivity (Wildman–Crippen MR) is 111 cm³/mol. The molecule has 0 aromatic heterocycles. The lowest BCUT2D eigenvalue weighted by Gasteiger charge is -2.03. The van der Waals surface area contributed by atoms with Gasteiger partial charge >= 0.3 is 0 Å². The van der Waals surface area contributed by atoms with E-state index in [1.54, 1.807) is 11.1 Å². The van der Waals surface area contributed by atoms with Crippen LogP contribution in [0.4, 0.5) is 0 Å². The number of hydrogen-bond acceptors (Lipinski definition) is 0.